The van der Waals surface area contributed by atoms with E-state index < -0.39 is 0 Å². The number of halogens is 1. The normalized spacial score (nSPS) is 11.0. The van der Waals surface area contributed by atoms with Gasteiger partial charge in [0.25, 0.3) is 0 Å². The van der Waals surface area contributed by atoms with Crippen molar-refractivity contribution in [2.24, 2.45) is 0 Å². The van der Waals surface area contributed by atoms with E-state index in [2.05, 4.69) is 29.1 Å². The van der Waals surface area contributed by atoms with Crippen LogP contribution in [0.15, 0.2) is 6.33 Å². The summed E-state index contributed by atoms with van der Waals surface area (Å²) in [5.74, 6) is 1.10. The van der Waals surface area contributed by atoms with Crippen LogP contribution in [0.1, 0.15) is 31.7 Å². The van der Waals surface area contributed by atoms with Gasteiger partial charge >= 0.3 is 0 Å². The molecule has 0 saturated heterocycles. The van der Waals surface area contributed by atoms with Crippen LogP contribution >= 0.6 is 11.6 Å². The first kappa shape index (κ1) is 16.1. The first-order chi connectivity index (χ1) is 9.16. The van der Waals surface area contributed by atoms with Crippen molar-refractivity contribution in [3.8, 4) is 0 Å². The molecule has 6 heteroatoms. The molecule has 108 valence electrons. The second-order valence-electron chi connectivity index (χ2n) is 4.47. The number of nitrogens with one attached hydrogen (secondary N) is 1. The summed E-state index contributed by atoms with van der Waals surface area (Å²) in [6.45, 7) is 6.90. The highest BCUT2D eigenvalue weighted by Gasteiger charge is 2.12. The van der Waals surface area contributed by atoms with Gasteiger partial charge in [0, 0.05) is 25.8 Å². The largest absolute Gasteiger partial charge is 0.382 e. The summed E-state index contributed by atoms with van der Waals surface area (Å²) in [6.07, 6.45) is 2.38. The molecule has 0 saturated carbocycles. The predicted octanol–water partition coefficient (Wildman–Crippen LogP) is 2.72. The minimum atomic E-state index is 0.286. The zero-order valence-electron chi connectivity index (χ0n) is 11.8. The Morgan fingerprint density at radius 1 is 1.26 bits per heavy atom. The van der Waals surface area contributed by atoms with Crippen molar-refractivity contribution in [2.75, 3.05) is 38.8 Å². The van der Waals surface area contributed by atoms with Gasteiger partial charge in [-0.15, -0.1) is 0 Å². The average molecular weight is 288 g/mol. The molecule has 0 amide bonds. The molecule has 1 aromatic heterocycles. The summed E-state index contributed by atoms with van der Waals surface area (Å²) >= 11 is 6.09. The lowest BCUT2D eigenvalue weighted by Crippen LogP contribution is -2.11. The van der Waals surface area contributed by atoms with Gasteiger partial charge in [0.1, 0.15) is 17.3 Å². The van der Waals surface area contributed by atoms with Crippen molar-refractivity contribution in [1.82, 2.24) is 9.97 Å². The number of rotatable bonds is 9. The number of nitrogens with zero attached hydrogens (tertiary/aromatic N) is 2. The molecule has 5 nitrogen and oxygen atoms in total. The SMILES string of the molecule is COCCOCCCNc1ncnc(Cl)c1C(C)C. The topological polar surface area (TPSA) is 56.3 Å². The highest BCUT2D eigenvalue weighted by Crippen LogP contribution is 2.27. The fourth-order valence-corrected chi connectivity index (χ4v) is 2.00. The van der Waals surface area contributed by atoms with E-state index in [0.29, 0.717) is 25.0 Å². The lowest BCUT2D eigenvalue weighted by Gasteiger charge is -2.14. The Labute approximate surface area is 119 Å². The van der Waals surface area contributed by atoms with Crippen LogP contribution in [0.3, 0.4) is 0 Å². The van der Waals surface area contributed by atoms with Gasteiger partial charge in [-0.25, -0.2) is 9.97 Å². The van der Waals surface area contributed by atoms with E-state index in [9.17, 15) is 0 Å². The van der Waals surface area contributed by atoms with Gasteiger partial charge in [-0.1, -0.05) is 25.4 Å². The quantitative estimate of drug-likeness (QED) is 0.559. The van der Waals surface area contributed by atoms with Crippen molar-refractivity contribution in [2.45, 2.75) is 26.2 Å². The summed E-state index contributed by atoms with van der Waals surface area (Å²) in [5, 5.41) is 3.80. The fourth-order valence-electron chi connectivity index (χ4n) is 1.65. The van der Waals surface area contributed by atoms with Crippen LogP contribution in [0.4, 0.5) is 5.82 Å². The second kappa shape index (κ2) is 9.07. The molecule has 0 radical (unpaired) electrons. The maximum Gasteiger partial charge on any atom is 0.138 e. The fraction of sp³-hybridized carbons (Fsp3) is 0.692. The first-order valence-electron chi connectivity index (χ1n) is 6.47. The third-order valence-corrected chi connectivity index (χ3v) is 2.90. The molecule has 19 heavy (non-hydrogen) atoms. The Bertz CT molecular complexity index is 375. The third kappa shape index (κ3) is 5.72. The van der Waals surface area contributed by atoms with E-state index in [1.165, 1.54) is 6.33 Å². The van der Waals surface area contributed by atoms with Crippen molar-refractivity contribution < 1.29 is 9.47 Å². The third-order valence-electron chi connectivity index (χ3n) is 2.60. The minimum Gasteiger partial charge on any atom is -0.382 e. The highest BCUT2D eigenvalue weighted by molar-refractivity contribution is 6.30. The molecule has 0 unspecified atom stereocenters. The number of methoxy groups -OCH3 is 1. The summed E-state index contributed by atoms with van der Waals surface area (Å²) in [7, 11) is 1.66. The molecule has 0 bridgehead atoms. The van der Waals surface area contributed by atoms with Gasteiger partial charge in [0.05, 0.1) is 13.2 Å². The van der Waals surface area contributed by atoms with Gasteiger partial charge in [0.2, 0.25) is 0 Å². The summed E-state index contributed by atoms with van der Waals surface area (Å²) < 4.78 is 10.3. The van der Waals surface area contributed by atoms with Gasteiger partial charge in [-0.05, 0) is 12.3 Å². The van der Waals surface area contributed by atoms with Crippen LogP contribution in [0.5, 0.6) is 0 Å². The molecule has 0 spiro atoms. The predicted molar refractivity (Wildman–Crippen MR) is 76.9 cm³/mol. The lowest BCUT2D eigenvalue weighted by molar-refractivity contribution is 0.0705. The molecule has 0 aromatic carbocycles. The molecule has 1 N–H and O–H groups in total. The molecule has 1 aromatic rings. The van der Waals surface area contributed by atoms with E-state index in [1.807, 2.05) is 0 Å². The second-order valence-corrected chi connectivity index (χ2v) is 4.82. The molecule has 0 fully saturated rings. The highest BCUT2D eigenvalue weighted by atomic mass is 35.5. The van der Waals surface area contributed by atoms with E-state index in [0.717, 1.165) is 24.3 Å². The summed E-state index contributed by atoms with van der Waals surface area (Å²) in [4.78, 5) is 8.26. The van der Waals surface area contributed by atoms with E-state index in [4.69, 9.17) is 21.1 Å². The Kier molecular flexibility index (Phi) is 7.70. The Morgan fingerprint density at radius 2 is 2.05 bits per heavy atom. The Morgan fingerprint density at radius 3 is 2.74 bits per heavy atom. The van der Waals surface area contributed by atoms with Crippen LogP contribution < -0.4 is 5.32 Å². The van der Waals surface area contributed by atoms with Gasteiger partial charge in [0.15, 0.2) is 0 Å². The molecule has 1 heterocycles. The van der Waals surface area contributed by atoms with Crippen LogP contribution in [-0.4, -0.2) is 43.4 Å². The Hall–Kier alpha value is -0.910. The molecule has 1 rings (SSSR count). The van der Waals surface area contributed by atoms with Crippen LogP contribution in [-0.2, 0) is 9.47 Å². The van der Waals surface area contributed by atoms with E-state index in [1.54, 1.807) is 7.11 Å². The smallest absolute Gasteiger partial charge is 0.138 e. The summed E-state index contributed by atoms with van der Waals surface area (Å²) in [6, 6.07) is 0. The van der Waals surface area contributed by atoms with Crippen LogP contribution in [0, 0.1) is 0 Å². The zero-order chi connectivity index (χ0) is 14.1. The molecule has 0 aliphatic heterocycles. The molecular weight excluding hydrogens is 266 g/mol. The lowest BCUT2D eigenvalue weighted by atomic mass is 10.1. The number of hydrogen-bond acceptors (Lipinski definition) is 5. The minimum absolute atomic E-state index is 0.286. The van der Waals surface area contributed by atoms with Gasteiger partial charge in [-0.3, -0.25) is 0 Å². The van der Waals surface area contributed by atoms with Crippen LogP contribution in [0.25, 0.3) is 0 Å². The molecule has 0 atom stereocenters. The van der Waals surface area contributed by atoms with Crippen molar-refractivity contribution in [1.29, 1.82) is 0 Å². The molecular formula is C13H22ClN3O2. The number of ether oxygens (including phenoxy) is 2. The standard InChI is InChI=1S/C13H22ClN3O2/c1-10(2)11-12(14)16-9-17-13(11)15-5-4-6-19-8-7-18-3/h9-10H,4-8H2,1-3H3,(H,15,16,17). The number of aromatic nitrogens is 2. The van der Waals surface area contributed by atoms with Crippen molar-refractivity contribution in [3.63, 3.8) is 0 Å². The van der Waals surface area contributed by atoms with Crippen molar-refractivity contribution >= 4 is 17.4 Å². The first-order valence-corrected chi connectivity index (χ1v) is 6.85. The van der Waals surface area contributed by atoms with Crippen LogP contribution in [0.2, 0.25) is 5.15 Å². The van der Waals surface area contributed by atoms with E-state index >= 15 is 0 Å². The monoisotopic (exact) mass is 287 g/mol. The molecule has 0 aliphatic rings. The Balaban J connectivity index is 2.35. The number of anilines is 1. The van der Waals surface area contributed by atoms with E-state index in [-0.39, 0.29) is 5.92 Å². The van der Waals surface area contributed by atoms with Crippen molar-refractivity contribution in [3.05, 3.63) is 17.0 Å². The maximum atomic E-state index is 6.09. The summed E-state index contributed by atoms with van der Waals surface area (Å²) in [5.41, 5.74) is 0.962. The average Bonchev–Trinajstić information content (AvgIpc) is 2.37. The zero-order valence-corrected chi connectivity index (χ0v) is 12.5. The van der Waals surface area contributed by atoms with Gasteiger partial charge in [-0.2, -0.15) is 0 Å². The maximum absolute atomic E-state index is 6.09. The number of hydrogen-bond donors (Lipinski definition) is 1. The van der Waals surface area contributed by atoms with Gasteiger partial charge < -0.3 is 14.8 Å². The molecule has 0 aliphatic carbocycles.